The zero-order chi connectivity index (χ0) is 28.4. The second-order valence-corrected chi connectivity index (χ2v) is 8.87. The molecule has 13 nitrogen and oxygen atoms in total. The van der Waals surface area contributed by atoms with Gasteiger partial charge in [0.25, 0.3) is 5.69 Å². The first-order valence-corrected chi connectivity index (χ1v) is 11.6. The molecule has 0 unspecified atom stereocenters. The Bertz CT molecular complexity index is 803. The normalized spacial score (nSPS) is 12.8. The van der Waals surface area contributed by atoms with Gasteiger partial charge in [-0.15, -0.1) is 0 Å². The number of aliphatic carboxylic acids is 2. The summed E-state index contributed by atoms with van der Waals surface area (Å²) in [5.74, 6) is -1.77. The maximum atomic E-state index is 11.7. The summed E-state index contributed by atoms with van der Waals surface area (Å²) in [6, 6.07) is 3.61. The van der Waals surface area contributed by atoms with Crippen LogP contribution in [0.5, 0.6) is 0 Å². The summed E-state index contributed by atoms with van der Waals surface area (Å²) in [4.78, 5) is 41.8. The molecule has 11 N–H and O–H groups in total. The minimum Gasteiger partial charge on any atom is -0.480 e. The van der Waals surface area contributed by atoms with Crippen molar-refractivity contribution in [3.05, 3.63) is 34.4 Å². The van der Waals surface area contributed by atoms with Crippen LogP contribution in [-0.2, 0) is 14.4 Å². The first kappa shape index (κ1) is 35.0. The molecule has 0 fully saturated rings. The van der Waals surface area contributed by atoms with Gasteiger partial charge in [-0.3, -0.25) is 24.5 Å². The van der Waals surface area contributed by atoms with Gasteiger partial charge >= 0.3 is 11.9 Å². The van der Waals surface area contributed by atoms with Crippen LogP contribution in [0.3, 0.4) is 0 Å². The number of nitrogens with one attached hydrogen (secondary N) is 1. The van der Waals surface area contributed by atoms with Gasteiger partial charge < -0.3 is 38.5 Å². The molecule has 0 radical (unpaired) electrons. The van der Waals surface area contributed by atoms with Crippen molar-refractivity contribution >= 4 is 29.2 Å². The fraction of sp³-hybridized carbons (Fsp3) is 0.609. The Balaban J connectivity index is 0. The average Bonchev–Trinajstić information content (AvgIpc) is 2.79. The molecule has 0 spiro atoms. The van der Waals surface area contributed by atoms with E-state index in [0.29, 0.717) is 31.0 Å². The van der Waals surface area contributed by atoms with Gasteiger partial charge in [0.2, 0.25) is 5.91 Å². The maximum absolute atomic E-state index is 11.7. The molecule has 0 aromatic heterocycles. The molecule has 0 aliphatic carbocycles. The zero-order valence-electron chi connectivity index (χ0n) is 21.4. The summed E-state index contributed by atoms with van der Waals surface area (Å²) >= 11 is 0. The zero-order valence-corrected chi connectivity index (χ0v) is 21.4. The van der Waals surface area contributed by atoms with E-state index in [0.717, 1.165) is 12.8 Å². The topological polar surface area (TPSA) is 251 Å². The number of nitrogens with two attached hydrogens (primary N) is 4. The third-order valence-electron chi connectivity index (χ3n) is 4.70. The number of nitrogens with zero attached hydrogens (tertiary/aromatic N) is 1. The number of carbonyl (C=O) groups excluding carboxylic acids is 1. The van der Waals surface area contributed by atoms with Crippen molar-refractivity contribution in [2.24, 2.45) is 34.8 Å². The van der Waals surface area contributed by atoms with E-state index in [-0.39, 0.29) is 17.5 Å². The number of carboxylic acid groups (broad SMARTS) is 2. The highest BCUT2D eigenvalue weighted by Crippen LogP contribution is 2.15. The third kappa shape index (κ3) is 17.3. The van der Waals surface area contributed by atoms with E-state index in [1.165, 1.54) is 24.3 Å². The summed E-state index contributed by atoms with van der Waals surface area (Å²) in [6.07, 6.45) is 2.75. The van der Waals surface area contributed by atoms with E-state index in [1.807, 2.05) is 13.8 Å². The second kappa shape index (κ2) is 19.1. The summed E-state index contributed by atoms with van der Waals surface area (Å²) in [7, 11) is 0. The lowest BCUT2D eigenvalue weighted by Gasteiger charge is -2.11. The van der Waals surface area contributed by atoms with E-state index < -0.39 is 35.0 Å². The molecule has 1 aromatic carbocycles. The van der Waals surface area contributed by atoms with Gasteiger partial charge in [-0.25, -0.2) is 0 Å². The molecule has 206 valence electrons. The Labute approximate surface area is 211 Å². The number of benzene rings is 1. The molecule has 36 heavy (non-hydrogen) atoms. The molecule has 13 heteroatoms. The number of nitro groups is 1. The Hall–Kier alpha value is -3.13. The highest BCUT2D eigenvalue weighted by molar-refractivity contribution is 5.94. The van der Waals surface area contributed by atoms with E-state index >= 15 is 0 Å². The van der Waals surface area contributed by atoms with Crippen molar-refractivity contribution in [1.82, 2.24) is 0 Å². The number of non-ortho nitro benzene ring substituents is 1. The SMILES string of the molecule is CC(C)C[C@H](N)C(=O)O.CC(C)[C@@H](N)C(=O)O.NCCCC[C@H](N)C(=O)Nc1ccc([N+](=O)[O-])cc1. The van der Waals surface area contributed by atoms with Crippen LogP contribution < -0.4 is 28.3 Å². The predicted octanol–water partition coefficient (Wildman–Crippen LogP) is 1.49. The molecular weight excluding hydrogens is 472 g/mol. The molecule has 1 amide bonds. The number of nitro benzene ring substituents is 1. The number of anilines is 1. The van der Waals surface area contributed by atoms with E-state index in [2.05, 4.69) is 5.32 Å². The number of carbonyl (C=O) groups is 3. The van der Waals surface area contributed by atoms with Crippen LogP contribution in [0.15, 0.2) is 24.3 Å². The van der Waals surface area contributed by atoms with Crippen LogP contribution in [-0.4, -0.2) is 57.7 Å². The van der Waals surface area contributed by atoms with Gasteiger partial charge in [-0.2, -0.15) is 0 Å². The summed E-state index contributed by atoms with van der Waals surface area (Å²) in [5, 5.41) is 29.6. The average molecular weight is 515 g/mol. The van der Waals surface area contributed by atoms with Crippen LogP contribution in [0.1, 0.15) is 53.4 Å². The fourth-order valence-corrected chi connectivity index (χ4v) is 2.43. The molecule has 0 aliphatic heterocycles. The number of amides is 1. The number of carboxylic acids is 2. The van der Waals surface area contributed by atoms with Crippen LogP contribution in [0.2, 0.25) is 0 Å². The van der Waals surface area contributed by atoms with Crippen molar-refractivity contribution in [1.29, 1.82) is 0 Å². The molecule has 3 atom stereocenters. The lowest BCUT2D eigenvalue weighted by Crippen LogP contribution is -2.35. The van der Waals surface area contributed by atoms with Crippen molar-refractivity contribution in [3.63, 3.8) is 0 Å². The molecule has 0 aliphatic rings. The molecule has 0 saturated carbocycles. The van der Waals surface area contributed by atoms with Crippen LogP contribution in [0.4, 0.5) is 11.4 Å². The Kier molecular flexibility index (Phi) is 18.6. The molecular formula is C23H42N6O7. The lowest BCUT2D eigenvalue weighted by atomic mass is 10.1. The van der Waals surface area contributed by atoms with Gasteiger partial charge in [0, 0.05) is 17.8 Å². The highest BCUT2D eigenvalue weighted by atomic mass is 16.6. The van der Waals surface area contributed by atoms with Gasteiger partial charge in [-0.05, 0) is 49.8 Å². The van der Waals surface area contributed by atoms with Crippen molar-refractivity contribution in [2.45, 2.75) is 71.5 Å². The van der Waals surface area contributed by atoms with Crippen LogP contribution in [0, 0.1) is 22.0 Å². The van der Waals surface area contributed by atoms with E-state index in [1.54, 1.807) is 13.8 Å². The lowest BCUT2D eigenvalue weighted by molar-refractivity contribution is -0.384. The van der Waals surface area contributed by atoms with Crippen LogP contribution in [0.25, 0.3) is 0 Å². The minimum absolute atomic E-state index is 0.0208. The smallest absolute Gasteiger partial charge is 0.320 e. The quantitative estimate of drug-likeness (QED) is 0.119. The summed E-state index contributed by atoms with van der Waals surface area (Å²) < 4.78 is 0. The first-order chi connectivity index (χ1) is 16.6. The van der Waals surface area contributed by atoms with Crippen molar-refractivity contribution in [3.8, 4) is 0 Å². The standard InChI is InChI=1S/C12H18N4O3.C6H13NO2.C5H11NO2/c13-8-2-1-3-11(14)12(17)15-9-4-6-10(7-5-9)16(18)19;1-4(2)3-5(7)6(8)9;1-3(2)4(6)5(7)8/h4-7,11H,1-3,8,13-14H2,(H,15,17);4-5H,3,7H2,1-2H3,(H,8,9);3-4H,6H2,1-2H3,(H,7,8)/t11-;5-;4-/m001/s1. The maximum Gasteiger partial charge on any atom is 0.320 e. The van der Waals surface area contributed by atoms with Crippen molar-refractivity contribution < 1.29 is 29.5 Å². The molecule has 0 saturated heterocycles. The van der Waals surface area contributed by atoms with E-state index in [4.69, 9.17) is 33.1 Å². The van der Waals surface area contributed by atoms with E-state index in [9.17, 15) is 24.5 Å². The van der Waals surface area contributed by atoms with Crippen LogP contribution >= 0.6 is 0 Å². The number of unbranched alkanes of at least 4 members (excludes halogenated alkanes) is 1. The third-order valence-corrected chi connectivity index (χ3v) is 4.70. The molecule has 1 rings (SSSR count). The number of hydrogen-bond donors (Lipinski definition) is 7. The number of hydrogen-bond acceptors (Lipinski definition) is 9. The Morgan fingerprint density at radius 3 is 1.78 bits per heavy atom. The fourth-order valence-electron chi connectivity index (χ4n) is 2.43. The van der Waals surface area contributed by atoms with Gasteiger partial charge in [0.15, 0.2) is 0 Å². The summed E-state index contributed by atoms with van der Waals surface area (Å²) in [5.41, 5.74) is 21.9. The molecule has 0 heterocycles. The highest BCUT2D eigenvalue weighted by Gasteiger charge is 2.15. The first-order valence-electron chi connectivity index (χ1n) is 11.6. The van der Waals surface area contributed by atoms with Gasteiger partial charge in [0.05, 0.1) is 11.0 Å². The largest absolute Gasteiger partial charge is 0.480 e. The molecule has 0 bridgehead atoms. The second-order valence-electron chi connectivity index (χ2n) is 8.87. The number of rotatable bonds is 12. The minimum atomic E-state index is -0.931. The van der Waals surface area contributed by atoms with Gasteiger partial charge in [0.1, 0.15) is 12.1 Å². The summed E-state index contributed by atoms with van der Waals surface area (Å²) in [6.45, 7) is 8.03. The Morgan fingerprint density at radius 2 is 1.47 bits per heavy atom. The monoisotopic (exact) mass is 514 g/mol. The Morgan fingerprint density at radius 1 is 0.944 bits per heavy atom. The van der Waals surface area contributed by atoms with Crippen molar-refractivity contribution in [2.75, 3.05) is 11.9 Å². The molecule has 1 aromatic rings. The predicted molar refractivity (Wildman–Crippen MR) is 138 cm³/mol. The van der Waals surface area contributed by atoms with Gasteiger partial charge in [-0.1, -0.05) is 34.1 Å².